The van der Waals surface area contributed by atoms with Gasteiger partial charge in [-0.3, -0.25) is 9.69 Å². The molecule has 0 saturated carbocycles. The van der Waals surface area contributed by atoms with Gasteiger partial charge in [0, 0.05) is 74.7 Å². The number of nitrogens with zero attached hydrogens (tertiary/aromatic N) is 5. The Labute approximate surface area is 358 Å². The lowest BCUT2D eigenvalue weighted by Gasteiger charge is -2.42. The number of hydrogen-bond acceptors (Lipinski definition) is 9. The van der Waals surface area contributed by atoms with Gasteiger partial charge in [-0.25, -0.2) is 19.4 Å². The summed E-state index contributed by atoms with van der Waals surface area (Å²) >= 11 is 0. The molecule has 2 aromatic carbocycles. The summed E-state index contributed by atoms with van der Waals surface area (Å²) in [4.78, 5) is 65.9. The molecule has 0 spiro atoms. The average Bonchev–Trinajstić information content (AvgIpc) is 3.80. The first-order chi connectivity index (χ1) is 29.2. The highest BCUT2D eigenvalue weighted by molar-refractivity contribution is 5.90. The third-order valence-corrected chi connectivity index (χ3v) is 11.3. The second-order valence-corrected chi connectivity index (χ2v) is 17.5. The van der Waals surface area contributed by atoms with Crippen LogP contribution >= 0.6 is 0 Å². The number of alkyl carbamates (subject to hydrolysis) is 1. The molecule has 3 atom stereocenters. The summed E-state index contributed by atoms with van der Waals surface area (Å²) in [6.07, 6.45) is -4.05. The Balaban J connectivity index is 1.10. The fourth-order valence-electron chi connectivity index (χ4n) is 8.23. The molecule has 4 heterocycles. The minimum atomic E-state index is -5.04. The first kappa shape index (κ1) is 45.9. The lowest BCUT2D eigenvalue weighted by atomic mass is 10.0. The van der Waals surface area contributed by atoms with Gasteiger partial charge in [-0.1, -0.05) is 45.0 Å². The predicted octanol–water partition coefficient (Wildman–Crippen LogP) is 7.62. The Morgan fingerprint density at radius 2 is 1.55 bits per heavy atom. The summed E-state index contributed by atoms with van der Waals surface area (Å²) in [5.41, 5.74) is 0.234. The molecule has 3 unspecified atom stereocenters. The van der Waals surface area contributed by atoms with Gasteiger partial charge in [-0.05, 0) is 69.6 Å². The van der Waals surface area contributed by atoms with Crippen LogP contribution in [0.4, 0.5) is 37.6 Å². The van der Waals surface area contributed by atoms with Crippen molar-refractivity contribution < 1.29 is 51.0 Å². The number of imidazole rings is 1. The molecule has 0 aliphatic carbocycles. The number of aromatic nitrogens is 2. The summed E-state index contributed by atoms with van der Waals surface area (Å²) in [6, 6.07) is 8.38. The molecule has 338 valence electrons. The Morgan fingerprint density at radius 3 is 2.15 bits per heavy atom. The van der Waals surface area contributed by atoms with E-state index < -0.39 is 47.9 Å². The summed E-state index contributed by atoms with van der Waals surface area (Å²) in [5, 5.41) is 5.30. The van der Waals surface area contributed by atoms with Crippen LogP contribution in [0.1, 0.15) is 72.7 Å². The number of H-pyrrole nitrogens is 1. The molecular formula is C43H56F4N8O7. The number of aromatic amines is 1. The number of alkyl halides is 3. The van der Waals surface area contributed by atoms with Crippen molar-refractivity contribution in [1.82, 2.24) is 34.9 Å². The standard InChI is InChI=1S/C43H56F4N8O7/c1-25(2)34(50-40(58)60-7)38(56)55-24-26(3)22-32(55)37-49-35(36(44)51-37)28-10-8-27(9-11-28)31-13-12-29(23-33(31)61-43(45,46)47)48-39(57)53-20-18-52(19-21-53)30-14-16-54(17-15-30)41(59)62-42(4,5)6/h8-13,23,25-26,30,32,34H,14-22,24H2,1-7H3,(H,48,57)(H,49,51)(H,50,58). The quantitative estimate of drug-likeness (QED) is 0.184. The van der Waals surface area contributed by atoms with Crippen molar-refractivity contribution in [3.8, 4) is 28.1 Å². The van der Waals surface area contributed by atoms with Gasteiger partial charge in [0.05, 0.1) is 13.2 Å². The molecule has 1 aromatic heterocycles. The molecule has 3 aliphatic heterocycles. The minimum absolute atomic E-state index is 0.0409. The molecule has 3 saturated heterocycles. The number of piperidine rings is 1. The first-order valence-electron chi connectivity index (χ1n) is 20.9. The van der Waals surface area contributed by atoms with Gasteiger partial charge < -0.3 is 44.5 Å². The van der Waals surface area contributed by atoms with Crippen molar-refractivity contribution in [3.63, 3.8) is 0 Å². The van der Waals surface area contributed by atoms with Gasteiger partial charge in [-0.15, -0.1) is 13.2 Å². The summed E-state index contributed by atoms with van der Waals surface area (Å²) in [7, 11) is 1.21. The summed E-state index contributed by atoms with van der Waals surface area (Å²) in [5.74, 6) is -1.63. The molecule has 3 fully saturated rings. The second kappa shape index (κ2) is 18.8. The maximum absolute atomic E-state index is 15.5. The van der Waals surface area contributed by atoms with E-state index in [0.29, 0.717) is 63.4 Å². The SMILES string of the molecule is COC(=O)NC(C(=O)N1CC(C)CC1c1nc(-c2ccc(-c3ccc(NC(=O)N4CCN(C5CCN(C(=O)OC(C)(C)C)CC5)CC4)cc3OC(F)(F)F)cc2)c(F)[nH]1)C(C)C. The molecule has 0 bridgehead atoms. The highest BCUT2D eigenvalue weighted by Gasteiger charge is 2.41. The van der Waals surface area contributed by atoms with Crippen molar-refractivity contribution in [2.24, 2.45) is 11.8 Å². The number of methoxy groups -OCH3 is 1. The van der Waals surface area contributed by atoms with Crippen LogP contribution in [0.15, 0.2) is 42.5 Å². The van der Waals surface area contributed by atoms with Crippen LogP contribution in [-0.4, -0.2) is 131 Å². The maximum atomic E-state index is 15.5. The number of carbonyl (C=O) groups is 4. The fourth-order valence-corrected chi connectivity index (χ4v) is 8.23. The van der Waals surface area contributed by atoms with Crippen LogP contribution in [0.2, 0.25) is 0 Å². The van der Waals surface area contributed by atoms with E-state index >= 15 is 4.39 Å². The highest BCUT2D eigenvalue weighted by atomic mass is 19.4. The van der Waals surface area contributed by atoms with E-state index in [2.05, 4.69) is 30.2 Å². The van der Waals surface area contributed by atoms with Crippen molar-refractivity contribution >= 4 is 29.8 Å². The third kappa shape index (κ3) is 11.3. The summed E-state index contributed by atoms with van der Waals surface area (Å²) in [6.45, 7) is 14.6. The van der Waals surface area contributed by atoms with Gasteiger partial charge >= 0.3 is 24.6 Å². The Bertz CT molecular complexity index is 2070. The van der Waals surface area contributed by atoms with Gasteiger partial charge in [-0.2, -0.15) is 4.39 Å². The van der Waals surface area contributed by atoms with Crippen LogP contribution in [0.25, 0.3) is 22.4 Å². The second-order valence-electron chi connectivity index (χ2n) is 17.5. The van der Waals surface area contributed by atoms with Crippen molar-refractivity contribution in [2.75, 3.05) is 58.2 Å². The Hall–Kier alpha value is -5.59. The molecule has 15 nitrogen and oxygen atoms in total. The number of benzene rings is 2. The van der Waals surface area contributed by atoms with Crippen LogP contribution in [0.3, 0.4) is 0 Å². The number of rotatable bonds is 9. The number of anilines is 1. The smallest absolute Gasteiger partial charge is 0.453 e. The van der Waals surface area contributed by atoms with Crippen molar-refractivity contribution in [2.45, 2.75) is 90.9 Å². The number of carbonyl (C=O) groups excluding carboxylic acids is 4. The van der Waals surface area contributed by atoms with Gasteiger partial charge in [0.2, 0.25) is 11.9 Å². The molecule has 5 amide bonds. The Kier molecular flexibility index (Phi) is 13.9. The van der Waals surface area contributed by atoms with Crippen LogP contribution in [-0.2, 0) is 14.3 Å². The fraction of sp³-hybridized carbons (Fsp3) is 0.558. The molecule has 19 heteroatoms. The summed E-state index contributed by atoms with van der Waals surface area (Å²) < 4.78 is 71.3. The monoisotopic (exact) mass is 872 g/mol. The zero-order valence-corrected chi connectivity index (χ0v) is 36.1. The topological polar surface area (TPSA) is 162 Å². The molecule has 0 radical (unpaired) electrons. The van der Waals surface area contributed by atoms with Crippen LogP contribution < -0.4 is 15.4 Å². The number of piperazine rings is 1. The number of hydrogen-bond donors (Lipinski definition) is 3. The first-order valence-corrected chi connectivity index (χ1v) is 20.9. The molecule has 3 aliphatic rings. The zero-order chi connectivity index (χ0) is 45.1. The van der Waals surface area contributed by atoms with Crippen molar-refractivity contribution in [3.05, 3.63) is 54.2 Å². The number of ether oxygens (including phenoxy) is 3. The van der Waals surface area contributed by atoms with E-state index in [1.54, 1.807) is 28.5 Å². The Morgan fingerprint density at radius 1 is 0.903 bits per heavy atom. The molecular weight excluding hydrogens is 817 g/mol. The largest absolute Gasteiger partial charge is 0.573 e. The average molecular weight is 873 g/mol. The van der Waals surface area contributed by atoms with Crippen LogP contribution in [0, 0.1) is 17.8 Å². The van der Waals surface area contributed by atoms with E-state index in [9.17, 15) is 32.3 Å². The number of halogens is 4. The van der Waals surface area contributed by atoms with Crippen molar-refractivity contribution in [1.29, 1.82) is 0 Å². The van der Waals surface area contributed by atoms with E-state index in [0.717, 1.165) is 18.9 Å². The van der Waals surface area contributed by atoms with Gasteiger partial charge in [0.15, 0.2) is 0 Å². The predicted molar refractivity (Wildman–Crippen MR) is 221 cm³/mol. The van der Waals surface area contributed by atoms with Gasteiger partial charge in [0.1, 0.15) is 28.9 Å². The van der Waals surface area contributed by atoms with E-state index in [4.69, 9.17) is 9.47 Å². The molecule has 62 heavy (non-hydrogen) atoms. The lowest BCUT2D eigenvalue weighted by Crippen LogP contribution is -2.55. The van der Waals surface area contributed by atoms with Crippen LogP contribution in [0.5, 0.6) is 5.75 Å². The highest BCUT2D eigenvalue weighted by Crippen LogP contribution is 2.39. The van der Waals surface area contributed by atoms with E-state index in [1.807, 2.05) is 27.7 Å². The van der Waals surface area contributed by atoms with E-state index in [-0.39, 0.29) is 52.6 Å². The van der Waals surface area contributed by atoms with Gasteiger partial charge in [0.25, 0.3) is 0 Å². The normalized spacial score (nSPS) is 19.6. The number of amides is 5. The maximum Gasteiger partial charge on any atom is 0.573 e. The zero-order valence-electron chi connectivity index (χ0n) is 36.1. The third-order valence-electron chi connectivity index (χ3n) is 11.3. The lowest BCUT2D eigenvalue weighted by molar-refractivity contribution is -0.274. The minimum Gasteiger partial charge on any atom is -0.453 e. The number of likely N-dealkylation sites (tertiary alicyclic amines) is 2. The number of urea groups is 1. The molecule has 3 N–H and O–H groups in total. The molecule has 6 rings (SSSR count). The number of nitrogens with one attached hydrogen (secondary N) is 3. The van der Waals surface area contributed by atoms with E-state index in [1.165, 1.54) is 43.5 Å². The molecule has 3 aromatic rings.